The summed E-state index contributed by atoms with van der Waals surface area (Å²) in [6.07, 6.45) is 63.7. The van der Waals surface area contributed by atoms with Crippen molar-refractivity contribution in [3.05, 3.63) is 0 Å². The van der Waals surface area contributed by atoms with Gasteiger partial charge in [-0.2, -0.15) is 0 Å². The van der Waals surface area contributed by atoms with Crippen LogP contribution in [0.3, 0.4) is 0 Å². The Morgan fingerprint density at radius 3 is 0.673 bits per heavy atom. The summed E-state index contributed by atoms with van der Waals surface area (Å²) in [7, 11) is -9.92. The lowest BCUT2D eigenvalue weighted by Gasteiger charge is -2.21. The van der Waals surface area contributed by atoms with E-state index < -0.39 is 97.5 Å². The van der Waals surface area contributed by atoms with Gasteiger partial charge in [0, 0.05) is 25.7 Å². The Labute approximate surface area is 619 Å². The number of phosphoric acid groups is 2. The molecule has 0 radical (unpaired) electrons. The quantitative estimate of drug-likeness (QED) is 0.0222. The van der Waals surface area contributed by atoms with Crippen LogP contribution in [0.25, 0.3) is 0 Å². The van der Waals surface area contributed by atoms with Crippen LogP contribution in [-0.4, -0.2) is 96.7 Å². The monoisotopic (exact) mass is 1480 g/mol. The molecule has 0 aliphatic carbocycles. The van der Waals surface area contributed by atoms with Crippen LogP contribution in [-0.2, 0) is 65.4 Å². The number of esters is 4. The third-order valence-corrected chi connectivity index (χ3v) is 21.1. The maximum atomic E-state index is 13.1. The maximum Gasteiger partial charge on any atom is 0.472 e. The second kappa shape index (κ2) is 73.6. The molecule has 3 N–H and O–H groups in total. The van der Waals surface area contributed by atoms with E-state index in [0.717, 1.165) is 102 Å². The van der Waals surface area contributed by atoms with Crippen molar-refractivity contribution < 1.29 is 80.2 Å². The predicted molar refractivity (Wildman–Crippen MR) is 414 cm³/mol. The van der Waals surface area contributed by atoms with Crippen molar-refractivity contribution in [2.24, 2.45) is 11.8 Å². The number of unbranched alkanes of at least 4 members (excludes halogenated alkanes) is 51. The first-order valence-corrected chi connectivity index (χ1v) is 45.5. The van der Waals surface area contributed by atoms with Gasteiger partial charge >= 0.3 is 39.5 Å². The van der Waals surface area contributed by atoms with Crippen molar-refractivity contribution >= 4 is 39.5 Å². The lowest BCUT2D eigenvalue weighted by Crippen LogP contribution is -2.30. The summed E-state index contributed by atoms with van der Waals surface area (Å²) >= 11 is 0. The van der Waals surface area contributed by atoms with Gasteiger partial charge in [-0.1, -0.05) is 382 Å². The highest BCUT2D eigenvalue weighted by Crippen LogP contribution is 2.45. The summed E-state index contributed by atoms with van der Waals surface area (Å²) in [6.45, 7) is 9.68. The Morgan fingerprint density at radius 1 is 0.267 bits per heavy atom. The molecular weight excluding hydrogens is 1320 g/mol. The third-order valence-electron chi connectivity index (χ3n) is 19.2. The molecule has 0 bridgehead atoms. The lowest BCUT2D eigenvalue weighted by atomic mass is 10.0. The Hall–Kier alpha value is -1.94. The van der Waals surface area contributed by atoms with Crippen LogP contribution in [0.4, 0.5) is 0 Å². The molecule has 0 saturated heterocycles. The highest BCUT2D eigenvalue weighted by atomic mass is 31.2. The Bertz CT molecular complexity index is 1940. The van der Waals surface area contributed by atoms with Crippen LogP contribution in [0.15, 0.2) is 0 Å². The molecule has 0 rings (SSSR count). The number of carbonyl (C=O) groups excluding carboxylic acids is 4. The van der Waals surface area contributed by atoms with Crippen LogP contribution in [0.1, 0.15) is 433 Å². The zero-order valence-electron chi connectivity index (χ0n) is 66.2. The van der Waals surface area contributed by atoms with Gasteiger partial charge in [-0.05, 0) is 37.5 Å². The van der Waals surface area contributed by atoms with E-state index in [1.54, 1.807) is 0 Å². The number of phosphoric ester groups is 2. The summed E-state index contributed by atoms with van der Waals surface area (Å²) in [5, 5.41) is 10.6. The van der Waals surface area contributed by atoms with Gasteiger partial charge in [-0.3, -0.25) is 37.3 Å². The fourth-order valence-electron chi connectivity index (χ4n) is 12.7. The number of hydrogen-bond donors (Lipinski definition) is 3. The molecule has 5 atom stereocenters. The highest BCUT2D eigenvalue weighted by Gasteiger charge is 2.30. The minimum atomic E-state index is -4.96. The molecule has 0 amide bonds. The molecule has 0 aromatic heterocycles. The van der Waals surface area contributed by atoms with Gasteiger partial charge in [-0.15, -0.1) is 0 Å². The van der Waals surface area contributed by atoms with E-state index in [1.807, 2.05) is 0 Å². The summed E-state index contributed by atoms with van der Waals surface area (Å²) in [5.41, 5.74) is 0. The van der Waals surface area contributed by atoms with E-state index in [0.29, 0.717) is 25.7 Å². The van der Waals surface area contributed by atoms with Gasteiger partial charge in [0.05, 0.1) is 26.4 Å². The van der Waals surface area contributed by atoms with Crippen molar-refractivity contribution in [1.82, 2.24) is 0 Å². The summed E-state index contributed by atoms with van der Waals surface area (Å²) < 4.78 is 68.8. The van der Waals surface area contributed by atoms with Gasteiger partial charge in [0.25, 0.3) is 0 Å². The molecule has 0 saturated carbocycles. The first-order chi connectivity index (χ1) is 48.9. The van der Waals surface area contributed by atoms with Crippen LogP contribution in [0, 0.1) is 11.8 Å². The summed E-state index contributed by atoms with van der Waals surface area (Å²) in [5.74, 6) is -0.520. The van der Waals surface area contributed by atoms with E-state index >= 15 is 0 Å². The molecule has 0 aromatic carbocycles. The minimum absolute atomic E-state index is 0.107. The second-order valence-corrected chi connectivity index (χ2v) is 33.4. The normalized spacial score (nSPS) is 13.9. The predicted octanol–water partition coefficient (Wildman–Crippen LogP) is 24.7. The fraction of sp³-hybridized carbons (Fsp3) is 0.951. The van der Waals surface area contributed by atoms with Gasteiger partial charge < -0.3 is 33.8 Å². The lowest BCUT2D eigenvalue weighted by molar-refractivity contribution is -0.161. The number of hydrogen-bond acceptors (Lipinski definition) is 15. The van der Waals surface area contributed by atoms with Crippen molar-refractivity contribution in [3.8, 4) is 0 Å². The standard InChI is InChI=1S/C82H160O17P2/c1-7-9-11-13-15-17-19-20-25-29-35-41-47-53-59-65-80(85)93-71-78(98-81(86)66-60-54-48-42-36-30-27-24-22-21-23-26-28-33-38-44-50-56-62-74(3)4)73-97-101(90,91)95-69-76(83)68-94-100(88,89)96-72-77(70-92-79(84)64-58-52-46-40-32-18-16-14-12-10-8-2)99-82(87)67-61-55-49-43-37-31-34-39-45-51-57-63-75(5)6/h74-78,83H,7-73H2,1-6H3,(H,88,89)(H,90,91)/t76-,77+,78+/m0/s1. The van der Waals surface area contributed by atoms with E-state index in [2.05, 4.69) is 41.5 Å². The average molecular weight is 1480 g/mol. The Balaban J connectivity index is 5.23. The van der Waals surface area contributed by atoms with Crippen molar-refractivity contribution in [2.45, 2.75) is 452 Å². The van der Waals surface area contributed by atoms with Crippen molar-refractivity contribution in [3.63, 3.8) is 0 Å². The average Bonchev–Trinajstić information content (AvgIpc) is 1.25. The zero-order valence-corrected chi connectivity index (χ0v) is 68.0. The second-order valence-electron chi connectivity index (χ2n) is 30.5. The largest absolute Gasteiger partial charge is 0.472 e. The summed E-state index contributed by atoms with van der Waals surface area (Å²) in [6, 6.07) is 0. The molecule has 0 heterocycles. The molecule has 0 fully saturated rings. The van der Waals surface area contributed by atoms with Gasteiger partial charge in [0.15, 0.2) is 12.2 Å². The molecule has 19 heteroatoms. The summed E-state index contributed by atoms with van der Waals surface area (Å²) in [4.78, 5) is 73.1. The fourth-order valence-corrected chi connectivity index (χ4v) is 14.3. The zero-order chi connectivity index (χ0) is 74.2. The number of carbonyl (C=O) groups is 4. The molecule has 0 aliphatic rings. The highest BCUT2D eigenvalue weighted by molar-refractivity contribution is 7.47. The molecule has 0 aromatic rings. The smallest absolute Gasteiger partial charge is 0.462 e. The Morgan fingerprint density at radius 2 is 0.455 bits per heavy atom. The van der Waals surface area contributed by atoms with Crippen molar-refractivity contribution in [2.75, 3.05) is 39.6 Å². The van der Waals surface area contributed by atoms with Gasteiger partial charge in [-0.25, -0.2) is 9.13 Å². The van der Waals surface area contributed by atoms with Crippen LogP contribution in [0.2, 0.25) is 0 Å². The van der Waals surface area contributed by atoms with Crippen LogP contribution < -0.4 is 0 Å². The molecule has 0 aliphatic heterocycles. The molecule has 17 nitrogen and oxygen atoms in total. The minimum Gasteiger partial charge on any atom is -0.462 e. The van der Waals surface area contributed by atoms with E-state index in [4.69, 9.17) is 37.0 Å². The van der Waals surface area contributed by atoms with Crippen molar-refractivity contribution in [1.29, 1.82) is 0 Å². The molecule has 0 spiro atoms. The van der Waals surface area contributed by atoms with Crippen LogP contribution >= 0.6 is 15.6 Å². The molecule has 2 unspecified atom stereocenters. The molecule has 101 heavy (non-hydrogen) atoms. The van der Waals surface area contributed by atoms with E-state index in [1.165, 1.54) is 250 Å². The third kappa shape index (κ3) is 76.1. The van der Waals surface area contributed by atoms with E-state index in [-0.39, 0.29) is 25.7 Å². The Kier molecular flexibility index (Phi) is 72.2. The number of ether oxygens (including phenoxy) is 4. The van der Waals surface area contributed by atoms with Crippen LogP contribution in [0.5, 0.6) is 0 Å². The first-order valence-electron chi connectivity index (χ1n) is 42.5. The van der Waals surface area contributed by atoms with Gasteiger partial charge in [0.2, 0.25) is 0 Å². The first kappa shape index (κ1) is 99.1. The molecule has 600 valence electrons. The number of rotatable bonds is 81. The number of aliphatic hydroxyl groups is 1. The van der Waals surface area contributed by atoms with E-state index in [9.17, 15) is 43.2 Å². The SMILES string of the molecule is CCCCCCCCCCCCCCCCCC(=O)OC[C@H](COP(=O)(O)OC[C@@H](O)COP(=O)(O)OC[C@@H](COC(=O)CCCCCCCCCCCCC)OC(=O)CCCCCCCCCCCCCC(C)C)OC(=O)CCCCCCCCCCCCCCCCCCCCC(C)C. The number of aliphatic hydroxyl groups excluding tert-OH is 1. The van der Waals surface area contributed by atoms with Gasteiger partial charge in [0.1, 0.15) is 19.3 Å². The maximum absolute atomic E-state index is 13.1. The topological polar surface area (TPSA) is 237 Å². The molecular formula is C82H160O17P2.